The number of phenols is 3. The third kappa shape index (κ3) is 2.56. The normalized spacial score (nSPS) is 10.8. The number of benzene rings is 2. The molecule has 3 N–H and O–H groups in total. The molecule has 0 spiro atoms. The van der Waals surface area contributed by atoms with Gasteiger partial charge in [-0.05, 0) is 48.1 Å². The molecule has 0 aliphatic carbocycles. The Hall–Kier alpha value is -2.16. The summed E-state index contributed by atoms with van der Waals surface area (Å²) in [7, 11) is 0. The van der Waals surface area contributed by atoms with E-state index in [1.807, 2.05) is 13.8 Å². The minimum absolute atomic E-state index is 0.0219. The van der Waals surface area contributed by atoms with Crippen LogP contribution in [0.15, 0.2) is 24.3 Å². The minimum Gasteiger partial charge on any atom is -0.507 e. The second kappa shape index (κ2) is 6.08. The van der Waals surface area contributed by atoms with E-state index >= 15 is 0 Å². The van der Waals surface area contributed by atoms with Gasteiger partial charge in [0.15, 0.2) is 0 Å². The molecule has 112 valence electrons. The van der Waals surface area contributed by atoms with Gasteiger partial charge in [-0.15, -0.1) is 0 Å². The predicted molar refractivity (Wildman–Crippen MR) is 85.0 cm³/mol. The molecule has 0 aliphatic heterocycles. The molecule has 0 amide bonds. The second-order valence-corrected chi connectivity index (χ2v) is 5.13. The number of hydrogen-bond acceptors (Lipinski definition) is 3. The van der Waals surface area contributed by atoms with Gasteiger partial charge in [-0.3, -0.25) is 0 Å². The Morgan fingerprint density at radius 1 is 0.762 bits per heavy atom. The standard InChI is InChI=1S/C18H22O3/c1-4-11-10-12(5-2)16(18(21)13(11)6-3)17-14(19)8-7-9-15(17)20/h7-10,19-21H,4-6H2,1-3H3. The highest BCUT2D eigenvalue weighted by molar-refractivity contribution is 5.84. The fourth-order valence-electron chi connectivity index (χ4n) is 2.88. The molecule has 2 aromatic carbocycles. The van der Waals surface area contributed by atoms with Gasteiger partial charge in [-0.2, -0.15) is 0 Å². The average Bonchev–Trinajstić information content (AvgIpc) is 2.47. The molecule has 3 heteroatoms. The van der Waals surface area contributed by atoms with Crippen LogP contribution < -0.4 is 0 Å². The lowest BCUT2D eigenvalue weighted by Crippen LogP contribution is -1.99. The van der Waals surface area contributed by atoms with Gasteiger partial charge >= 0.3 is 0 Å². The van der Waals surface area contributed by atoms with E-state index in [-0.39, 0.29) is 17.2 Å². The highest BCUT2D eigenvalue weighted by atomic mass is 16.3. The molecular weight excluding hydrogens is 264 g/mol. The van der Waals surface area contributed by atoms with Crippen molar-refractivity contribution >= 4 is 0 Å². The molecule has 0 fully saturated rings. The van der Waals surface area contributed by atoms with Crippen molar-refractivity contribution in [3.05, 3.63) is 41.0 Å². The van der Waals surface area contributed by atoms with E-state index in [0.29, 0.717) is 24.0 Å². The number of aromatic hydroxyl groups is 3. The summed E-state index contributed by atoms with van der Waals surface area (Å²) < 4.78 is 0. The van der Waals surface area contributed by atoms with Crippen molar-refractivity contribution in [1.29, 1.82) is 0 Å². The lowest BCUT2D eigenvalue weighted by Gasteiger charge is -2.19. The first-order chi connectivity index (χ1) is 10.0. The smallest absolute Gasteiger partial charge is 0.127 e. The van der Waals surface area contributed by atoms with Crippen LogP contribution in [0.3, 0.4) is 0 Å². The van der Waals surface area contributed by atoms with Crippen molar-refractivity contribution in [2.45, 2.75) is 40.0 Å². The largest absolute Gasteiger partial charge is 0.507 e. The zero-order valence-electron chi connectivity index (χ0n) is 12.8. The van der Waals surface area contributed by atoms with Gasteiger partial charge in [0.2, 0.25) is 0 Å². The first kappa shape index (κ1) is 15.2. The summed E-state index contributed by atoms with van der Waals surface area (Å²) in [6.45, 7) is 6.05. The molecule has 0 aliphatic rings. The Balaban J connectivity index is 2.85. The zero-order chi connectivity index (χ0) is 15.6. The number of aryl methyl sites for hydroxylation is 2. The Kier molecular flexibility index (Phi) is 4.41. The first-order valence-electron chi connectivity index (χ1n) is 7.42. The lowest BCUT2D eigenvalue weighted by atomic mass is 9.88. The van der Waals surface area contributed by atoms with Crippen LogP contribution in [0, 0.1) is 0 Å². The predicted octanol–water partition coefficient (Wildman–Crippen LogP) is 4.16. The van der Waals surface area contributed by atoms with E-state index in [2.05, 4.69) is 13.0 Å². The molecule has 2 rings (SSSR count). The maximum atomic E-state index is 10.7. The van der Waals surface area contributed by atoms with Gasteiger partial charge in [0.25, 0.3) is 0 Å². The number of hydrogen-bond donors (Lipinski definition) is 3. The summed E-state index contributed by atoms with van der Waals surface area (Å²) in [5.41, 5.74) is 3.78. The summed E-state index contributed by atoms with van der Waals surface area (Å²) in [6.07, 6.45) is 2.27. The van der Waals surface area contributed by atoms with Crippen LogP contribution >= 0.6 is 0 Å². The molecule has 0 saturated carbocycles. The third-order valence-corrected chi connectivity index (χ3v) is 3.97. The summed E-state index contributed by atoms with van der Waals surface area (Å²) >= 11 is 0. The van der Waals surface area contributed by atoms with Crippen LogP contribution in [-0.2, 0) is 19.3 Å². The lowest BCUT2D eigenvalue weighted by molar-refractivity contribution is 0.448. The highest BCUT2D eigenvalue weighted by Crippen LogP contribution is 2.46. The Labute approximate surface area is 125 Å². The van der Waals surface area contributed by atoms with Crippen molar-refractivity contribution in [2.75, 3.05) is 0 Å². The Bertz CT molecular complexity index is 640. The minimum atomic E-state index is -0.0219. The molecular formula is C18H22O3. The molecule has 0 aromatic heterocycles. The second-order valence-electron chi connectivity index (χ2n) is 5.13. The summed E-state index contributed by atoms with van der Waals surface area (Å²) in [5.74, 6) is 0.128. The number of rotatable bonds is 4. The van der Waals surface area contributed by atoms with Crippen molar-refractivity contribution in [3.63, 3.8) is 0 Å². The fourth-order valence-corrected chi connectivity index (χ4v) is 2.88. The molecule has 0 atom stereocenters. The molecule has 0 bridgehead atoms. The van der Waals surface area contributed by atoms with Gasteiger partial charge in [0.05, 0.1) is 5.56 Å². The summed E-state index contributed by atoms with van der Waals surface area (Å²) in [6, 6.07) is 6.69. The van der Waals surface area contributed by atoms with E-state index in [9.17, 15) is 15.3 Å². The fraction of sp³-hybridized carbons (Fsp3) is 0.333. The van der Waals surface area contributed by atoms with E-state index < -0.39 is 0 Å². The first-order valence-corrected chi connectivity index (χ1v) is 7.42. The molecule has 0 unspecified atom stereocenters. The van der Waals surface area contributed by atoms with Gasteiger partial charge in [-0.25, -0.2) is 0 Å². The summed E-state index contributed by atoms with van der Waals surface area (Å²) in [4.78, 5) is 0. The number of phenolic OH excluding ortho intramolecular Hbond substituents is 3. The van der Waals surface area contributed by atoms with E-state index in [4.69, 9.17) is 0 Å². The molecule has 0 radical (unpaired) electrons. The van der Waals surface area contributed by atoms with Gasteiger partial charge < -0.3 is 15.3 Å². The monoisotopic (exact) mass is 286 g/mol. The van der Waals surface area contributed by atoms with Crippen molar-refractivity contribution in [1.82, 2.24) is 0 Å². The maximum Gasteiger partial charge on any atom is 0.127 e. The van der Waals surface area contributed by atoms with Crippen LogP contribution in [0.1, 0.15) is 37.5 Å². The molecule has 0 saturated heterocycles. The highest BCUT2D eigenvalue weighted by Gasteiger charge is 2.21. The zero-order valence-corrected chi connectivity index (χ0v) is 12.8. The van der Waals surface area contributed by atoms with Crippen molar-refractivity contribution in [3.8, 4) is 28.4 Å². The van der Waals surface area contributed by atoms with Gasteiger partial charge in [0.1, 0.15) is 17.2 Å². The van der Waals surface area contributed by atoms with Crippen LogP contribution in [0.5, 0.6) is 17.2 Å². The van der Waals surface area contributed by atoms with Crippen LogP contribution in [0.25, 0.3) is 11.1 Å². The maximum absolute atomic E-state index is 10.7. The Morgan fingerprint density at radius 3 is 1.81 bits per heavy atom. The average molecular weight is 286 g/mol. The SMILES string of the molecule is CCc1cc(CC)c(-c2c(O)cccc2O)c(O)c1CC. The molecule has 2 aromatic rings. The van der Waals surface area contributed by atoms with Crippen molar-refractivity contribution < 1.29 is 15.3 Å². The van der Waals surface area contributed by atoms with Crippen molar-refractivity contribution in [2.24, 2.45) is 0 Å². The van der Waals surface area contributed by atoms with E-state index in [1.165, 1.54) is 12.1 Å². The topological polar surface area (TPSA) is 60.7 Å². The third-order valence-electron chi connectivity index (χ3n) is 3.97. The molecule has 3 nitrogen and oxygen atoms in total. The van der Waals surface area contributed by atoms with Crippen LogP contribution in [0.4, 0.5) is 0 Å². The van der Waals surface area contributed by atoms with Gasteiger partial charge in [0, 0.05) is 5.56 Å². The quantitative estimate of drug-likeness (QED) is 0.791. The Morgan fingerprint density at radius 2 is 1.33 bits per heavy atom. The summed E-state index contributed by atoms with van der Waals surface area (Å²) in [5, 5.41) is 30.9. The molecule has 21 heavy (non-hydrogen) atoms. The molecule has 0 heterocycles. The van der Waals surface area contributed by atoms with E-state index in [0.717, 1.165) is 23.1 Å². The van der Waals surface area contributed by atoms with Gasteiger partial charge in [-0.1, -0.05) is 32.9 Å². The van der Waals surface area contributed by atoms with Crippen LogP contribution in [-0.4, -0.2) is 15.3 Å². The van der Waals surface area contributed by atoms with Crippen LogP contribution in [0.2, 0.25) is 0 Å². The van der Waals surface area contributed by atoms with E-state index in [1.54, 1.807) is 6.07 Å².